The van der Waals surface area contributed by atoms with Gasteiger partial charge >= 0.3 is 5.97 Å². The maximum Gasteiger partial charge on any atom is 0.303 e. The molecule has 1 aromatic heterocycles. The molecule has 5 heteroatoms. The van der Waals surface area contributed by atoms with Crippen molar-refractivity contribution < 1.29 is 9.90 Å². The quantitative estimate of drug-likeness (QED) is 0.711. The van der Waals surface area contributed by atoms with Gasteiger partial charge in [0.25, 0.3) is 0 Å². The van der Waals surface area contributed by atoms with Crippen molar-refractivity contribution in [2.24, 2.45) is 0 Å². The molecule has 0 amide bonds. The van der Waals surface area contributed by atoms with Crippen molar-refractivity contribution in [1.29, 1.82) is 0 Å². The van der Waals surface area contributed by atoms with Crippen LogP contribution < -0.4 is 5.32 Å². The largest absolute Gasteiger partial charge is 0.481 e. The number of aliphatic carboxylic acids is 1. The number of nitrogens with one attached hydrogen (secondary N) is 1. The number of carbonyl (C=O) groups is 1. The van der Waals surface area contributed by atoms with Gasteiger partial charge in [0.1, 0.15) is 0 Å². The highest BCUT2D eigenvalue weighted by atomic mass is 16.4. The van der Waals surface area contributed by atoms with Crippen LogP contribution in [0.4, 0.5) is 0 Å². The lowest BCUT2D eigenvalue weighted by Crippen LogP contribution is -2.22. The van der Waals surface area contributed by atoms with Crippen molar-refractivity contribution in [2.75, 3.05) is 6.54 Å². The molecule has 0 aliphatic heterocycles. The van der Waals surface area contributed by atoms with Crippen LogP contribution in [0.1, 0.15) is 37.2 Å². The van der Waals surface area contributed by atoms with Crippen LogP contribution in [-0.2, 0) is 4.79 Å². The summed E-state index contributed by atoms with van der Waals surface area (Å²) in [6.45, 7) is 4.58. The van der Waals surface area contributed by atoms with Crippen LogP contribution in [0.5, 0.6) is 0 Å². The van der Waals surface area contributed by atoms with E-state index in [9.17, 15) is 4.79 Å². The Hall–Kier alpha value is -1.49. The molecule has 0 aromatic carbocycles. The topological polar surface area (TPSA) is 75.1 Å². The van der Waals surface area contributed by atoms with Crippen molar-refractivity contribution in [2.45, 2.75) is 32.7 Å². The van der Waals surface area contributed by atoms with Crippen molar-refractivity contribution in [3.8, 4) is 0 Å². The summed E-state index contributed by atoms with van der Waals surface area (Å²) < 4.78 is 0. The molecule has 1 aromatic rings. The number of aromatic nitrogens is 2. The van der Waals surface area contributed by atoms with Crippen molar-refractivity contribution in [3.63, 3.8) is 0 Å². The zero-order chi connectivity index (χ0) is 12.0. The third-order valence-corrected chi connectivity index (χ3v) is 2.35. The zero-order valence-corrected chi connectivity index (χ0v) is 9.60. The first-order chi connectivity index (χ1) is 7.61. The maximum atomic E-state index is 10.3. The first-order valence-corrected chi connectivity index (χ1v) is 5.34. The number of aryl methyl sites for hydroxylation is 1. The highest BCUT2D eigenvalue weighted by Crippen LogP contribution is 2.11. The average molecular weight is 223 g/mol. The summed E-state index contributed by atoms with van der Waals surface area (Å²) in [4.78, 5) is 18.7. The second-order valence-corrected chi connectivity index (χ2v) is 3.70. The normalized spacial score (nSPS) is 12.4. The summed E-state index contributed by atoms with van der Waals surface area (Å²) in [7, 11) is 0. The van der Waals surface area contributed by atoms with E-state index in [1.54, 1.807) is 12.4 Å². The van der Waals surface area contributed by atoms with E-state index in [2.05, 4.69) is 15.3 Å². The fourth-order valence-electron chi connectivity index (χ4n) is 1.50. The third kappa shape index (κ3) is 3.94. The van der Waals surface area contributed by atoms with Crippen LogP contribution in [0.2, 0.25) is 0 Å². The Kier molecular flexibility index (Phi) is 4.85. The molecule has 88 valence electrons. The Morgan fingerprint density at radius 3 is 2.81 bits per heavy atom. The second-order valence-electron chi connectivity index (χ2n) is 3.70. The molecule has 16 heavy (non-hydrogen) atoms. The number of carboxylic acids is 1. The smallest absolute Gasteiger partial charge is 0.303 e. The number of rotatable bonds is 6. The van der Waals surface area contributed by atoms with Gasteiger partial charge in [-0.1, -0.05) is 0 Å². The highest BCUT2D eigenvalue weighted by Gasteiger charge is 2.09. The fraction of sp³-hybridized carbons (Fsp3) is 0.545. The minimum absolute atomic E-state index is 0.0995. The zero-order valence-electron chi connectivity index (χ0n) is 9.60. The predicted octanol–water partition coefficient (Wildman–Crippen LogP) is 1.30. The van der Waals surface area contributed by atoms with Crippen LogP contribution >= 0.6 is 0 Å². The van der Waals surface area contributed by atoms with Crippen LogP contribution in [0.15, 0.2) is 12.4 Å². The van der Waals surface area contributed by atoms with Gasteiger partial charge in [-0.3, -0.25) is 14.8 Å². The minimum atomic E-state index is -0.759. The van der Waals surface area contributed by atoms with E-state index in [0.717, 1.165) is 11.4 Å². The van der Waals surface area contributed by atoms with E-state index >= 15 is 0 Å². The minimum Gasteiger partial charge on any atom is -0.481 e. The van der Waals surface area contributed by atoms with Crippen LogP contribution in [0.3, 0.4) is 0 Å². The summed E-state index contributed by atoms with van der Waals surface area (Å²) >= 11 is 0. The molecule has 1 unspecified atom stereocenters. The Morgan fingerprint density at radius 2 is 2.19 bits per heavy atom. The van der Waals surface area contributed by atoms with Gasteiger partial charge in [0.2, 0.25) is 0 Å². The van der Waals surface area contributed by atoms with E-state index in [-0.39, 0.29) is 12.5 Å². The monoisotopic (exact) mass is 223 g/mol. The molecule has 1 atom stereocenters. The molecular weight excluding hydrogens is 206 g/mol. The van der Waals surface area contributed by atoms with Gasteiger partial charge in [0, 0.05) is 24.9 Å². The fourth-order valence-corrected chi connectivity index (χ4v) is 1.50. The molecule has 1 rings (SSSR count). The summed E-state index contributed by atoms with van der Waals surface area (Å²) in [6.07, 6.45) is 4.14. The third-order valence-electron chi connectivity index (χ3n) is 2.35. The van der Waals surface area contributed by atoms with Gasteiger partial charge in [-0.15, -0.1) is 0 Å². The Bertz CT molecular complexity index is 355. The summed E-state index contributed by atoms with van der Waals surface area (Å²) in [5, 5.41) is 11.7. The number of nitrogens with zero attached hydrogens (tertiary/aromatic N) is 2. The SMILES string of the molecule is Cc1nccnc1C(C)NCCCC(=O)O. The van der Waals surface area contributed by atoms with E-state index in [0.29, 0.717) is 13.0 Å². The molecule has 0 aliphatic rings. The van der Waals surface area contributed by atoms with E-state index < -0.39 is 5.97 Å². The molecule has 0 spiro atoms. The molecule has 0 fully saturated rings. The molecular formula is C11H17N3O2. The van der Waals surface area contributed by atoms with Crippen LogP contribution in [-0.4, -0.2) is 27.6 Å². The average Bonchev–Trinajstić information content (AvgIpc) is 2.24. The lowest BCUT2D eigenvalue weighted by atomic mass is 10.2. The van der Waals surface area contributed by atoms with Crippen molar-refractivity contribution in [3.05, 3.63) is 23.8 Å². The Morgan fingerprint density at radius 1 is 1.50 bits per heavy atom. The second kappa shape index (κ2) is 6.17. The molecule has 2 N–H and O–H groups in total. The molecule has 0 saturated heterocycles. The number of hydrogen-bond donors (Lipinski definition) is 2. The first kappa shape index (κ1) is 12.6. The predicted molar refractivity (Wildman–Crippen MR) is 60.1 cm³/mol. The van der Waals surface area contributed by atoms with Gasteiger partial charge in [-0.2, -0.15) is 0 Å². The lowest BCUT2D eigenvalue weighted by molar-refractivity contribution is -0.137. The molecule has 0 saturated carbocycles. The molecule has 0 bridgehead atoms. The maximum absolute atomic E-state index is 10.3. The van der Waals surface area contributed by atoms with E-state index in [4.69, 9.17) is 5.11 Å². The number of carboxylic acid groups (broad SMARTS) is 1. The summed E-state index contributed by atoms with van der Waals surface area (Å²) in [6, 6.07) is 0.0995. The molecule has 0 radical (unpaired) electrons. The standard InChI is InChI=1S/C11H17N3O2/c1-8(12-5-3-4-10(15)16)11-9(2)13-6-7-14-11/h6-8,12H,3-5H2,1-2H3,(H,15,16). The molecule has 0 aliphatic carbocycles. The summed E-state index contributed by atoms with van der Waals surface area (Å²) in [5.74, 6) is -0.759. The Labute approximate surface area is 94.9 Å². The molecule has 5 nitrogen and oxygen atoms in total. The van der Waals surface area contributed by atoms with Crippen molar-refractivity contribution in [1.82, 2.24) is 15.3 Å². The van der Waals surface area contributed by atoms with Crippen LogP contribution in [0.25, 0.3) is 0 Å². The Balaban J connectivity index is 2.38. The first-order valence-electron chi connectivity index (χ1n) is 5.34. The van der Waals surface area contributed by atoms with Gasteiger partial charge in [0.15, 0.2) is 0 Å². The molecule has 1 heterocycles. The van der Waals surface area contributed by atoms with Gasteiger partial charge in [-0.25, -0.2) is 0 Å². The lowest BCUT2D eigenvalue weighted by Gasteiger charge is -2.14. The van der Waals surface area contributed by atoms with Gasteiger partial charge in [0.05, 0.1) is 11.4 Å². The van der Waals surface area contributed by atoms with Gasteiger partial charge < -0.3 is 10.4 Å². The van der Waals surface area contributed by atoms with Crippen LogP contribution in [0, 0.1) is 6.92 Å². The van der Waals surface area contributed by atoms with Gasteiger partial charge in [-0.05, 0) is 26.8 Å². The number of hydrogen-bond acceptors (Lipinski definition) is 4. The van der Waals surface area contributed by atoms with Crippen molar-refractivity contribution >= 4 is 5.97 Å². The van der Waals surface area contributed by atoms with E-state index in [1.165, 1.54) is 0 Å². The highest BCUT2D eigenvalue weighted by molar-refractivity contribution is 5.66. The van der Waals surface area contributed by atoms with E-state index in [1.807, 2.05) is 13.8 Å². The summed E-state index contributed by atoms with van der Waals surface area (Å²) in [5.41, 5.74) is 1.82.